The van der Waals surface area contributed by atoms with Gasteiger partial charge in [-0.15, -0.1) is 4.89 Å². The maximum atomic E-state index is 9.61. The summed E-state index contributed by atoms with van der Waals surface area (Å²) in [4.78, 5) is 10.1. The number of hydrogen-bond acceptors (Lipinski definition) is 4. The van der Waals surface area contributed by atoms with Crippen LogP contribution in [-0.4, -0.2) is 36.3 Å². The minimum Gasteiger partial charge on any atom is -0.504 e. The summed E-state index contributed by atoms with van der Waals surface area (Å²) in [6.07, 6.45) is 7.76. The lowest BCUT2D eigenvalue weighted by Crippen LogP contribution is -2.29. The fourth-order valence-electron chi connectivity index (χ4n) is 2.53. The van der Waals surface area contributed by atoms with E-state index in [-0.39, 0.29) is 5.75 Å². The van der Waals surface area contributed by atoms with Crippen LogP contribution in [0.5, 0.6) is 11.5 Å². The van der Waals surface area contributed by atoms with E-state index in [1.807, 2.05) is 12.3 Å². The molecule has 0 bridgehead atoms. The molecule has 0 radical (unpaired) electrons. The van der Waals surface area contributed by atoms with Crippen LogP contribution in [0, 0.1) is 0 Å². The standard InChI is InChI=1S/C15H21NO4/c1-18-15-10-12(8-9-14(15)17)11-16(20-19-2)13-6-4-3-5-7-13/h8-11,13H,3-7H2,1-2H3/p+1. The smallest absolute Gasteiger partial charge is 0.227 e. The van der Waals surface area contributed by atoms with Gasteiger partial charge in [0, 0.05) is 23.1 Å². The van der Waals surface area contributed by atoms with Gasteiger partial charge >= 0.3 is 0 Å². The summed E-state index contributed by atoms with van der Waals surface area (Å²) in [5.74, 6) is 0.571. The van der Waals surface area contributed by atoms with Crippen molar-refractivity contribution in [3.63, 3.8) is 0 Å². The van der Waals surface area contributed by atoms with Crippen LogP contribution in [0.4, 0.5) is 0 Å². The van der Waals surface area contributed by atoms with E-state index in [1.165, 1.54) is 33.5 Å². The topological polar surface area (TPSA) is 50.9 Å². The molecule has 1 aromatic carbocycles. The summed E-state index contributed by atoms with van der Waals surface area (Å²) in [6, 6.07) is 5.51. The predicted octanol–water partition coefficient (Wildman–Crippen LogP) is 2.66. The summed E-state index contributed by atoms with van der Waals surface area (Å²) >= 11 is 0. The maximum Gasteiger partial charge on any atom is 0.227 e. The lowest BCUT2D eigenvalue weighted by molar-refractivity contribution is -0.887. The number of methoxy groups -OCH3 is 1. The van der Waals surface area contributed by atoms with E-state index in [9.17, 15) is 5.11 Å². The highest BCUT2D eigenvalue weighted by atomic mass is 17.3. The Kier molecular flexibility index (Phi) is 5.24. The quantitative estimate of drug-likeness (QED) is 0.390. The second-order valence-corrected chi connectivity index (χ2v) is 4.95. The molecule has 1 aliphatic rings. The molecule has 1 fully saturated rings. The normalized spacial score (nSPS) is 17.0. The van der Waals surface area contributed by atoms with Gasteiger partial charge < -0.3 is 9.84 Å². The Morgan fingerprint density at radius 1 is 1.20 bits per heavy atom. The molecule has 0 spiro atoms. The van der Waals surface area contributed by atoms with Crippen molar-refractivity contribution >= 4 is 6.21 Å². The average Bonchev–Trinajstić information content (AvgIpc) is 2.49. The van der Waals surface area contributed by atoms with Crippen LogP contribution in [-0.2, 0) is 9.88 Å². The van der Waals surface area contributed by atoms with Crippen LogP contribution < -0.4 is 4.74 Å². The van der Waals surface area contributed by atoms with Crippen molar-refractivity contribution in [2.75, 3.05) is 14.2 Å². The van der Waals surface area contributed by atoms with Crippen LogP contribution in [0.15, 0.2) is 18.2 Å². The molecular formula is C15H22NO4+. The summed E-state index contributed by atoms with van der Waals surface area (Å²) in [5, 5.41) is 9.61. The van der Waals surface area contributed by atoms with Gasteiger partial charge in [-0.3, -0.25) is 0 Å². The van der Waals surface area contributed by atoms with E-state index in [4.69, 9.17) is 14.6 Å². The lowest BCUT2D eigenvalue weighted by Gasteiger charge is -2.16. The molecule has 1 aromatic rings. The number of benzene rings is 1. The summed E-state index contributed by atoms with van der Waals surface area (Å²) in [7, 11) is 3.03. The third-order valence-corrected chi connectivity index (χ3v) is 3.58. The second kappa shape index (κ2) is 7.14. The van der Waals surface area contributed by atoms with E-state index in [0.717, 1.165) is 18.4 Å². The fourth-order valence-corrected chi connectivity index (χ4v) is 2.53. The Labute approximate surface area is 119 Å². The molecule has 20 heavy (non-hydrogen) atoms. The van der Waals surface area contributed by atoms with Crippen LogP contribution in [0.3, 0.4) is 0 Å². The Morgan fingerprint density at radius 3 is 2.60 bits per heavy atom. The number of rotatable bonds is 5. The number of phenols is 1. The first-order valence-corrected chi connectivity index (χ1v) is 6.95. The van der Waals surface area contributed by atoms with Gasteiger partial charge in [0.05, 0.1) is 14.2 Å². The van der Waals surface area contributed by atoms with Crippen LogP contribution in [0.1, 0.15) is 37.7 Å². The lowest BCUT2D eigenvalue weighted by atomic mass is 9.96. The van der Waals surface area contributed by atoms with E-state index < -0.39 is 0 Å². The van der Waals surface area contributed by atoms with Gasteiger partial charge in [0.25, 0.3) is 0 Å². The molecule has 0 heterocycles. The first kappa shape index (κ1) is 14.7. The van der Waals surface area contributed by atoms with Gasteiger partial charge in [-0.1, -0.05) is 11.4 Å². The van der Waals surface area contributed by atoms with Crippen LogP contribution in [0.25, 0.3) is 0 Å². The molecule has 0 saturated heterocycles. The second-order valence-electron chi connectivity index (χ2n) is 4.95. The molecule has 5 heteroatoms. The number of hydrogen-bond donors (Lipinski definition) is 1. The monoisotopic (exact) mass is 280 g/mol. The highest BCUT2D eigenvalue weighted by Crippen LogP contribution is 2.26. The molecule has 0 aliphatic heterocycles. The van der Waals surface area contributed by atoms with Gasteiger partial charge in [-0.25, -0.2) is 0 Å². The van der Waals surface area contributed by atoms with E-state index in [2.05, 4.69) is 0 Å². The zero-order chi connectivity index (χ0) is 14.4. The highest BCUT2D eigenvalue weighted by molar-refractivity contribution is 5.77. The Balaban J connectivity index is 2.22. The highest BCUT2D eigenvalue weighted by Gasteiger charge is 2.27. The van der Waals surface area contributed by atoms with E-state index in [0.29, 0.717) is 11.8 Å². The van der Waals surface area contributed by atoms with Crippen molar-refractivity contribution in [3.8, 4) is 11.5 Å². The van der Waals surface area contributed by atoms with Gasteiger partial charge in [-0.2, -0.15) is 0 Å². The van der Waals surface area contributed by atoms with Crippen molar-refractivity contribution in [1.82, 2.24) is 0 Å². The Morgan fingerprint density at radius 2 is 1.95 bits per heavy atom. The van der Waals surface area contributed by atoms with Gasteiger partial charge in [0.1, 0.15) is 0 Å². The fraction of sp³-hybridized carbons (Fsp3) is 0.533. The summed E-state index contributed by atoms with van der Waals surface area (Å²) < 4.78 is 6.87. The predicted molar refractivity (Wildman–Crippen MR) is 75.1 cm³/mol. The van der Waals surface area contributed by atoms with Crippen molar-refractivity contribution in [2.45, 2.75) is 38.1 Å². The molecule has 5 nitrogen and oxygen atoms in total. The van der Waals surface area contributed by atoms with Crippen LogP contribution >= 0.6 is 0 Å². The molecule has 110 valence electrons. The minimum absolute atomic E-state index is 0.126. The summed E-state index contributed by atoms with van der Waals surface area (Å²) in [5.41, 5.74) is 0.891. The number of phenolic OH excluding ortho intramolecular Hbond substituents is 1. The van der Waals surface area contributed by atoms with Crippen molar-refractivity contribution in [2.24, 2.45) is 0 Å². The SMILES string of the molecule is COO/[N+](=C\c1ccc(O)c(OC)c1)C1CCCCC1. The molecule has 0 aromatic heterocycles. The molecule has 2 rings (SSSR count). The molecule has 1 aliphatic carbocycles. The number of hydroxylamine groups is 1. The van der Waals surface area contributed by atoms with Gasteiger partial charge in [0.2, 0.25) is 12.3 Å². The Bertz CT molecular complexity index is 467. The summed E-state index contributed by atoms with van der Waals surface area (Å²) in [6.45, 7) is 0. The third kappa shape index (κ3) is 3.63. The minimum atomic E-state index is 0.126. The van der Waals surface area contributed by atoms with Crippen LogP contribution in [0.2, 0.25) is 0 Å². The van der Waals surface area contributed by atoms with Crippen molar-refractivity contribution in [3.05, 3.63) is 23.8 Å². The number of aromatic hydroxyl groups is 1. The van der Waals surface area contributed by atoms with Gasteiger partial charge in [-0.05, 0) is 31.0 Å². The van der Waals surface area contributed by atoms with Gasteiger partial charge in [0.15, 0.2) is 11.5 Å². The first-order chi connectivity index (χ1) is 9.74. The largest absolute Gasteiger partial charge is 0.504 e. The van der Waals surface area contributed by atoms with E-state index in [1.54, 1.807) is 16.9 Å². The van der Waals surface area contributed by atoms with Crippen molar-refractivity contribution in [1.29, 1.82) is 0 Å². The molecule has 0 unspecified atom stereocenters. The molecular weight excluding hydrogens is 258 g/mol. The number of ether oxygens (including phenoxy) is 1. The van der Waals surface area contributed by atoms with Crippen molar-refractivity contribution < 1.29 is 24.5 Å². The number of nitrogens with zero attached hydrogens (tertiary/aromatic N) is 1. The molecule has 1 saturated carbocycles. The van der Waals surface area contributed by atoms with E-state index >= 15 is 0 Å². The zero-order valence-corrected chi connectivity index (χ0v) is 12.0. The molecule has 1 N–H and O–H groups in total. The Hall–Kier alpha value is -1.75. The average molecular weight is 280 g/mol. The molecule has 0 amide bonds. The zero-order valence-electron chi connectivity index (χ0n) is 12.0. The first-order valence-electron chi connectivity index (χ1n) is 6.95. The molecule has 0 atom stereocenters. The maximum absolute atomic E-state index is 9.61. The third-order valence-electron chi connectivity index (χ3n) is 3.58.